The second-order valence-corrected chi connectivity index (χ2v) is 7.28. The van der Waals surface area contributed by atoms with E-state index in [1.165, 1.54) is 11.7 Å². The molecule has 1 amide bonds. The van der Waals surface area contributed by atoms with Crippen LogP contribution in [0.3, 0.4) is 0 Å². The summed E-state index contributed by atoms with van der Waals surface area (Å²) in [6.07, 6.45) is 0. The van der Waals surface area contributed by atoms with Gasteiger partial charge in [0.2, 0.25) is 5.91 Å². The van der Waals surface area contributed by atoms with Gasteiger partial charge in [0.05, 0.1) is 11.3 Å². The number of hydrogen-bond acceptors (Lipinski definition) is 8. The predicted octanol–water partition coefficient (Wildman–Crippen LogP) is 1.56. The molecule has 0 fully saturated rings. The number of nitrogen functional groups attached to an aromatic ring is 1. The third-order valence-electron chi connectivity index (χ3n) is 3.92. The number of aromatic amines is 1. The summed E-state index contributed by atoms with van der Waals surface area (Å²) in [4.78, 5) is 28.5. The Morgan fingerprint density at radius 3 is 2.57 bits per heavy atom. The summed E-state index contributed by atoms with van der Waals surface area (Å²) in [5, 5.41) is 24.8. The number of rotatable bonds is 5. The highest BCUT2D eigenvalue weighted by molar-refractivity contribution is 8.00. The van der Waals surface area contributed by atoms with E-state index in [1.54, 1.807) is 24.3 Å². The Hall–Kier alpha value is -3.80. The number of anilines is 2. The highest BCUT2D eigenvalue weighted by atomic mass is 35.5. The Morgan fingerprint density at radius 1 is 1.33 bits per heavy atom. The maximum atomic E-state index is 12.3. The van der Waals surface area contributed by atoms with Gasteiger partial charge in [0.15, 0.2) is 7.05 Å². The van der Waals surface area contributed by atoms with Crippen molar-refractivity contribution in [1.29, 1.82) is 10.5 Å². The fraction of sp³-hybridized carbons (Fsp3) is 0.111. The summed E-state index contributed by atoms with van der Waals surface area (Å²) in [6, 6.07) is 10.4. The molecule has 30 heavy (non-hydrogen) atoms. The quantitative estimate of drug-likeness (QED) is 0.395. The summed E-state index contributed by atoms with van der Waals surface area (Å²) in [6.45, 7) is 0. The first kappa shape index (κ1) is 20.9. The summed E-state index contributed by atoms with van der Waals surface area (Å²) in [5.74, 6) is -0.625. The number of carbonyl (C=O) groups excluding carboxylic acids is 1. The number of halogens is 1. The second-order valence-electron chi connectivity index (χ2n) is 5.88. The van der Waals surface area contributed by atoms with Gasteiger partial charge < -0.3 is 11.1 Å². The molecule has 4 N–H and O–H groups in total. The van der Waals surface area contributed by atoms with Gasteiger partial charge in [-0.1, -0.05) is 28.0 Å². The van der Waals surface area contributed by atoms with Crippen molar-refractivity contribution in [2.24, 2.45) is 7.05 Å². The van der Waals surface area contributed by atoms with Gasteiger partial charge in [0, 0.05) is 10.7 Å². The molecule has 0 aliphatic heterocycles. The van der Waals surface area contributed by atoms with E-state index in [1.807, 2.05) is 12.1 Å². The van der Waals surface area contributed by atoms with Crippen molar-refractivity contribution in [2.45, 2.75) is 5.03 Å². The van der Waals surface area contributed by atoms with Crippen LogP contribution in [0.2, 0.25) is 5.02 Å². The van der Waals surface area contributed by atoms with Gasteiger partial charge >= 0.3 is 11.3 Å². The fourth-order valence-corrected chi connectivity index (χ4v) is 3.54. The molecule has 0 saturated carbocycles. The molecular formula is C18H13ClN7O3S+. The largest absolute Gasteiger partial charge is 0.435 e. The molecule has 0 bridgehead atoms. The Labute approximate surface area is 178 Å². The minimum absolute atomic E-state index is 0.00869. The lowest BCUT2D eigenvalue weighted by molar-refractivity contribution is -0.730. The van der Waals surface area contributed by atoms with Gasteiger partial charge in [-0.25, -0.2) is 9.78 Å². The Bertz CT molecular complexity index is 1270. The second kappa shape index (κ2) is 8.69. The zero-order valence-electron chi connectivity index (χ0n) is 15.4. The van der Waals surface area contributed by atoms with Gasteiger partial charge in [0.25, 0.3) is 0 Å². The number of carbonyl (C=O) groups is 1. The lowest BCUT2D eigenvalue weighted by Gasteiger charge is -2.10. The van der Waals surface area contributed by atoms with Crippen molar-refractivity contribution >= 4 is 40.8 Å². The van der Waals surface area contributed by atoms with E-state index in [4.69, 9.17) is 21.9 Å². The van der Waals surface area contributed by atoms with E-state index >= 15 is 0 Å². The van der Waals surface area contributed by atoms with E-state index in [0.29, 0.717) is 10.7 Å². The molecule has 2 heterocycles. The highest BCUT2D eigenvalue weighted by Crippen LogP contribution is 2.33. The molecule has 0 radical (unpaired) electrons. The first-order chi connectivity index (χ1) is 14.3. The summed E-state index contributed by atoms with van der Waals surface area (Å²) >= 11 is 6.76. The molecule has 0 atom stereocenters. The lowest BCUT2D eigenvalue weighted by Crippen LogP contribution is -2.34. The van der Waals surface area contributed by atoms with Crippen molar-refractivity contribution in [1.82, 2.24) is 10.3 Å². The number of thioether (sulfide) groups is 1. The average molecular weight is 443 g/mol. The first-order valence-corrected chi connectivity index (χ1v) is 9.61. The summed E-state index contributed by atoms with van der Waals surface area (Å²) < 4.78 is 5.95. The predicted molar refractivity (Wildman–Crippen MR) is 108 cm³/mol. The molecule has 10 nitrogen and oxygen atoms in total. The molecule has 2 aromatic heterocycles. The number of nitriles is 2. The van der Waals surface area contributed by atoms with Gasteiger partial charge in [0.1, 0.15) is 34.1 Å². The van der Waals surface area contributed by atoms with Crippen LogP contribution < -0.4 is 21.4 Å². The summed E-state index contributed by atoms with van der Waals surface area (Å²) in [5.41, 5.74) is 5.38. The van der Waals surface area contributed by atoms with E-state index in [9.17, 15) is 20.1 Å². The molecule has 0 aliphatic rings. The molecule has 0 unspecified atom stereocenters. The number of H-pyrrole nitrogens is 1. The van der Waals surface area contributed by atoms with Crippen molar-refractivity contribution in [3.8, 4) is 23.4 Å². The average Bonchev–Trinajstić information content (AvgIpc) is 3.05. The topological polar surface area (TPSA) is 165 Å². The number of nitrogens with one attached hydrogen (secondary N) is 2. The van der Waals surface area contributed by atoms with Crippen LogP contribution in [-0.2, 0) is 11.8 Å². The van der Waals surface area contributed by atoms with E-state index < -0.39 is 5.63 Å². The molecule has 150 valence electrons. The number of amides is 1. The number of hydrogen-bond donors (Lipinski definition) is 3. The Morgan fingerprint density at radius 2 is 2.00 bits per heavy atom. The molecular weight excluding hydrogens is 430 g/mol. The smallest absolute Gasteiger partial charge is 0.383 e. The normalized spacial score (nSPS) is 10.3. The van der Waals surface area contributed by atoms with Crippen LogP contribution in [0.25, 0.3) is 11.3 Å². The van der Waals surface area contributed by atoms with Gasteiger partial charge in [-0.05, 0) is 29.5 Å². The van der Waals surface area contributed by atoms with Gasteiger partial charge in [-0.3, -0.25) is 9.32 Å². The number of pyridine rings is 1. The molecule has 0 saturated heterocycles. The number of nitrogens with zero attached hydrogens (tertiary/aromatic N) is 4. The number of benzene rings is 1. The van der Waals surface area contributed by atoms with Crippen molar-refractivity contribution < 1.29 is 14.0 Å². The first-order valence-electron chi connectivity index (χ1n) is 8.25. The van der Waals surface area contributed by atoms with E-state index in [0.717, 1.165) is 11.8 Å². The lowest BCUT2D eigenvalue weighted by atomic mass is 10.0. The van der Waals surface area contributed by atoms with Crippen molar-refractivity contribution in [3.63, 3.8) is 0 Å². The zero-order valence-corrected chi connectivity index (χ0v) is 17.0. The standard InChI is InChI=1S/C18H12ClN7O3S/c1-26-15(18(28)29-25-26)14-11(6-20)16(22)24-17(12(14)7-21)30-8-13(27)23-10-4-2-9(19)3-5-10/h2-5H,8H2,1H3,(H3-,22,23,24,25,27,28)/p+1. The van der Waals surface area contributed by atoms with Crippen LogP contribution in [0, 0.1) is 22.7 Å². The Balaban J connectivity index is 1.95. The van der Waals surface area contributed by atoms with Gasteiger partial charge in [-0.2, -0.15) is 10.5 Å². The zero-order chi connectivity index (χ0) is 21.8. The maximum Gasteiger partial charge on any atom is 0.435 e. The minimum atomic E-state index is -0.785. The van der Waals surface area contributed by atoms with Crippen LogP contribution in [0.1, 0.15) is 11.1 Å². The third kappa shape index (κ3) is 4.12. The number of aromatic nitrogens is 3. The van der Waals surface area contributed by atoms with Gasteiger partial charge in [-0.15, -0.1) is 0 Å². The van der Waals surface area contributed by atoms with E-state index in [-0.39, 0.29) is 44.9 Å². The molecule has 12 heteroatoms. The van der Waals surface area contributed by atoms with Crippen molar-refractivity contribution in [2.75, 3.05) is 16.8 Å². The van der Waals surface area contributed by atoms with Crippen LogP contribution in [0.5, 0.6) is 0 Å². The van der Waals surface area contributed by atoms with Crippen LogP contribution in [-0.4, -0.2) is 21.9 Å². The molecule has 1 aromatic carbocycles. The van der Waals surface area contributed by atoms with Crippen LogP contribution in [0.4, 0.5) is 11.5 Å². The molecule has 0 spiro atoms. The van der Waals surface area contributed by atoms with Crippen LogP contribution >= 0.6 is 23.4 Å². The minimum Gasteiger partial charge on any atom is -0.383 e. The van der Waals surface area contributed by atoms with E-state index in [2.05, 4.69) is 15.6 Å². The molecule has 3 rings (SSSR count). The maximum absolute atomic E-state index is 12.3. The Kier molecular flexibility index (Phi) is 6.06. The van der Waals surface area contributed by atoms with Crippen LogP contribution in [0.15, 0.2) is 38.6 Å². The van der Waals surface area contributed by atoms with Crippen molar-refractivity contribution in [3.05, 3.63) is 50.8 Å². The third-order valence-corrected chi connectivity index (χ3v) is 5.15. The summed E-state index contributed by atoms with van der Waals surface area (Å²) in [7, 11) is 1.48. The molecule has 0 aliphatic carbocycles. The molecule has 3 aromatic rings. The number of aryl methyl sites for hydroxylation is 1. The highest BCUT2D eigenvalue weighted by Gasteiger charge is 2.31. The fourth-order valence-electron chi connectivity index (χ4n) is 2.61. The monoisotopic (exact) mass is 442 g/mol. The number of nitrogens with two attached hydrogens (primary N) is 1. The SMILES string of the molecule is C[n+]1[nH]oc(=O)c1-c1c(C#N)c(N)nc(SCC(=O)Nc2ccc(Cl)cc2)c1C#N.